The summed E-state index contributed by atoms with van der Waals surface area (Å²) in [6.45, 7) is 5.01. The van der Waals surface area contributed by atoms with Crippen molar-refractivity contribution in [3.05, 3.63) is 52.0 Å². The summed E-state index contributed by atoms with van der Waals surface area (Å²) < 4.78 is 21.4. The molecular weight excluding hydrogens is 396 g/mol. The fourth-order valence-electron chi connectivity index (χ4n) is 2.60. The molecule has 0 unspecified atom stereocenters. The van der Waals surface area contributed by atoms with Crippen LogP contribution in [0, 0.1) is 13.8 Å². The lowest BCUT2D eigenvalue weighted by Gasteiger charge is -2.14. The van der Waals surface area contributed by atoms with Crippen molar-refractivity contribution in [3.63, 3.8) is 0 Å². The number of ether oxygens (including phenoxy) is 4. The SMILES string of the molecule is COC(=O)NN=Cc1cc(Cl)c(OCCCOc2cc(C)cc(C)c2)c(OC)c1. The zero-order chi connectivity index (χ0) is 21.2. The van der Waals surface area contributed by atoms with Crippen LogP contribution in [-0.2, 0) is 4.74 Å². The first-order valence-corrected chi connectivity index (χ1v) is 9.39. The normalized spacial score (nSPS) is 10.7. The van der Waals surface area contributed by atoms with Crippen LogP contribution in [0.1, 0.15) is 23.1 Å². The van der Waals surface area contributed by atoms with Crippen molar-refractivity contribution in [2.45, 2.75) is 20.3 Å². The standard InChI is InChI=1S/C21H25ClN2O5/c1-14-8-15(2)10-17(9-14)28-6-5-7-29-20-18(22)11-16(12-19(20)26-3)13-23-24-21(25)27-4/h8-13H,5-7H2,1-4H3,(H,24,25). The van der Waals surface area contributed by atoms with Crippen molar-refractivity contribution in [1.82, 2.24) is 5.43 Å². The van der Waals surface area contributed by atoms with Crippen LogP contribution < -0.4 is 19.6 Å². The predicted molar refractivity (Wildman–Crippen MR) is 113 cm³/mol. The van der Waals surface area contributed by atoms with Crippen molar-refractivity contribution in [1.29, 1.82) is 0 Å². The van der Waals surface area contributed by atoms with Crippen LogP contribution in [0.15, 0.2) is 35.4 Å². The molecule has 156 valence electrons. The third-order valence-electron chi connectivity index (χ3n) is 3.81. The first-order valence-electron chi connectivity index (χ1n) is 9.01. The molecule has 2 aromatic carbocycles. The molecule has 2 rings (SSSR count). The summed E-state index contributed by atoms with van der Waals surface area (Å²) in [6.07, 6.45) is 1.44. The molecule has 2 aromatic rings. The Hall–Kier alpha value is -2.93. The summed E-state index contributed by atoms with van der Waals surface area (Å²) in [6, 6.07) is 9.47. The van der Waals surface area contributed by atoms with Gasteiger partial charge in [-0.1, -0.05) is 17.7 Å². The van der Waals surface area contributed by atoms with Crippen LogP contribution in [0.5, 0.6) is 17.2 Å². The molecule has 0 atom stereocenters. The highest BCUT2D eigenvalue weighted by Crippen LogP contribution is 2.36. The van der Waals surface area contributed by atoms with Gasteiger partial charge in [0.2, 0.25) is 0 Å². The highest BCUT2D eigenvalue weighted by Gasteiger charge is 2.12. The van der Waals surface area contributed by atoms with Gasteiger partial charge in [-0.25, -0.2) is 10.2 Å². The minimum atomic E-state index is -0.665. The van der Waals surface area contributed by atoms with E-state index in [1.807, 2.05) is 26.0 Å². The maximum Gasteiger partial charge on any atom is 0.427 e. The van der Waals surface area contributed by atoms with E-state index < -0.39 is 6.09 Å². The minimum absolute atomic E-state index is 0.374. The van der Waals surface area contributed by atoms with E-state index in [-0.39, 0.29) is 0 Å². The maximum absolute atomic E-state index is 11.0. The number of carbonyl (C=O) groups is 1. The average Bonchev–Trinajstić information content (AvgIpc) is 2.67. The number of methoxy groups -OCH3 is 2. The van der Waals surface area contributed by atoms with Crippen LogP contribution in [0.25, 0.3) is 0 Å². The Morgan fingerprint density at radius 2 is 1.76 bits per heavy atom. The van der Waals surface area contributed by atoms with Gasteiger partial charge in [-0.15, -0.1) is 0 Å². The van der Waals surface area contributed by atoms with Crippen LogP contribution >= 0.6 is 11.6 Å². The topological polar surface area (TPSA) is 78.4 Å². The van der Waals surface area contributed by atoms with Gasteiger partial charge in [-0.3, -0.25) is 0 Å². The Morgan fingerprint density at radius 3 is 2.41 bits per heavy atom. The lowest BCUT2D eigenvalue weighted by Crippen LogP contribution is -2.16. The molecule has 0 saturated heterocycles. The van der Waals surface area contributed by atoms with Crippen molar-refractivity contribution in [3.8, 4) is 17.2 Å². The lowest BCUT2D eigenvalue weighted by atomic mass is 10.1. The zero-order valence-corrected chi connectivity index (χ0v) is 17.7. The molecule has 0 fully saturated rings. The molecule has 1 amide bonds. The second-order valence-electron chi connectivity index (χ2n) is 6.27. The Balaban J connectivity index is 1.90. The highest BCUT2D eigenvalue weighted by atomic mass is 35.5. The van der Waals surface area contributed by atoms with Gasteiger partial charge in [-0.2, -0.15) is 5.10 Å². The molecule has 0 radical (unpaired) electrons. The summed E-state index contributed by atoms with van der Waals surface area (Å²) in [7, 11) is 2.78. The molecule has 0 spiro atoms. The number of nitrogens with one attached hydrogen (secondary N) is 1. The first kappa shape index (κ1) is 22.4. The lowest BCUT2D eigenvalue weighted by molar-refractivity contribution is 0.171. The van der Waals surface area contributed by atoms with Crippen LogP contribution in [0.4, 0.5) is 4.79 Å². The molecule has 0 aliphatic carbocycles. The van der Waals surface area contributed by atoms with Crippen molar-refractivity contribution >= 4 is 23.9 Å². The number of carbonyl (C=O) groups excluding carboxylic acids is 1. The van der Waals surface area contributed by atoms with E-state index in [0.29, 0.717) is 41.7 Å². The van der Waals surface area contributed by atoms with Gasteiger partial charge >= 0.3 is 6.09 Å². The fraction of sp³-hybridized carbons (Fsp3) is 0.333. The van der Waals surface area contributed by atoms with E-state index in [1.54, 1.807) is 12.1 Å². The monoisotopic (exact) mass is 420 g/mol. The molecule has 0 saturated carbocycles. The van der Waals surface area contributed by atoms with Gasteiger partial charge < -0.3 is 18.9 Å². The van der Waals surface area contributed by atoms with E-state index in [0.717, 1.165) is 16.9 Å². The fourth-order valence-corrected chi connectivity index (χ4v) is 2.87. The third kappa shape index (κ3) is 7.19. The van der Waals surface area contributed by atoms with Gasteiger partial charge in [0.15, 0.2) is 11.5 Å². The quantitative estimate of drug-likeness (QED) is 0.367. The molecule has 0 bridgehead atoms. The number of hydrogen-bond donors (Lipinski definition) is 1. The zero-order valence-electron chi connectivity index (χ0n) is 17.0. The smallest absolute Gasteiger partial charge is 0.427 e. The largest absolute Gasteiger partial charge is 0.493 e. The molecule has 0 aromatic heterocycles. The number of rotatable bonds is 9. The second kappa shape index (κ2) is 11.2. The summed E-state index contributed by atoms with van der Waals surface area (Å²) in [5, 5.41) is 4.14. The number of hydrogen-bond acceptors (Lipinski definition) is 6. The van der Waals surface area contributed by atoms with Gasteiger partial charge in [0.25, 0.3) is 0 Å². The number of halogens is 1. The number of amides is 1. The molecule has 0 aliphatic rings. The Bertz CT molecular complexity index is 850. The van der Waals surface area contributed by atoms with Gasteiger partial charge in [0.1, 0.15) is 5.75 Å². The molecule has 29 heavy (non-hydrogen) atoms. The number of benzene rings is 2. The Morgan fingerprint density at radius 1 is 1.07 bits per heavy atom. The summed E-state index contributed by atoms with van der Waals surface area (Å²) in [5.74, 6) is 1.76. The van der Waals surface area contributed by atoms with E-state index in [4.69, 9.17) is 25.8 Å². The highest BCUT2D eigenvalue weighted by molar-refractivity contribution is 6.32. The van der Waals surface area contributed by atoms with Gasteiger partial charge in [0.05, 0.1) is 38.7 Å². The average molecular weight is 421 g/mol. The minimum Gasteiger partial charge on any atom is -0.493 e. The van der Waals surface area contributed by atoms with E-state index in [9.17, 15) is 4.79 Å². The van der Waals surface area contributed by atoms with Crippen molar-refractivity contribution < 1.29 is 23.7 Å². The Labute approximate surface area is 175 Å². The first-order chi connectivity index (χ1) is 13.9. The molecule has 7 nitrogen and oxygen atoms in total. The molecule has 1 N–H and O–H groups in total. The summed E-state index contributed by atoms with van der Waals surface area (Å²) >= 11 is 6.32. The van der Waals surface area contributed by atoms with Gasteiger partial charge in [-0.05, 0) is 54.8 Å². The summed E-state index contributed by atoms with van der Waals surface area (Å²) in [4.78, 5) is 11.0. The molecule has 8 heteroatoms. The number of nitrogens with zero attached hydrogens (tertiary/aromatic N) is 1. The van der Waals surface area contributed by atoms with E-state index in [1.165, 1.54) is 20.4 Å². The van der Waals surface area contributed by atoms with E-state index in [2.05, 4.69) is 21.3 Å². The second-order valence-corrected chi connectivity index (χ2v) is 6.68. The molecular formula is C21H25ClN2O5. The van der Waals surface area contributed by atoms with Crippen LogP contribution in [-0.4, -0.2) is 39.7 Å². The van der Waals surface area contributed by atoms with Crippen molar-refractivity contribution in [2.24, 2.45) is 5.10 Å². The predicted octanol–water partition coefficient (Wildman–Crippen LogP) is 4.50. The Kier molecular flexibility index (Phi) is 8.61. The number of aryl methyl sites for hydroxylation is 2. The van der Waals surface area contributed by atoms with Crippen molar-refractivity contribution in [2.75, 3.05) is 27.4 Å². The molecule has 0 heterocycles. The molecule has 0 aliphatic heterocycles. The summed E-state index contributed by atoms with van der Waals surface area (Å²) in [5.41, 5.74) is 5.16. The maximum atomic E-state index is 11.0. The van der Waals surface area contributed by atoms with Gasteiger partial charge in [0, 0.05) is 6.42 Å². The van der Waals surface area contributed by atoms with E-state index >= 15 is 0 Å². The third-order valence-corrected chi connectivity index (χ3v) is 4.09. The number of hydrazone groups is 1. The van der Waals surface area contributed by atoms with Crippen LogP contribution in [0.3, 0.4) is 0 Å². The van der Waals surface area contributed by atoms with Crippen LogP contribution in [0.2, 0.25) is 5.02 Å².